The second kappa shape index (κ2) is 9.48. The molecule has 0 amide bonds. The summed E-state index contributed by atoms with van der Waals surface area (Å²) in [4.78, 5) is 1.31. The molecule has 0 spiro atoms. The van der Waals surface area contributed by atoms with Crippen molar-refractivity contribution in [3.63, 3.8) is 0 Å². The summed E-state index contributed by atoms with van der Waals surface area (Å²) in [7, 11) is 0. The highest BCUT2D eigenvalue weighted by Gasteiger charge is 2.30. The summed E-state index contributed by atoms with van der Waals surface area (Å²) in [5.41, 5.74) is 9.22. The number of hydrogen-bond donors (Lipinski definition) is 3. The van der Waals surface area contributed by atoms with E-state index in [1.165, 1.54) is 65.1 Å². The van der Waals surface area contributed by atoms with E-state index in [9.17, 15) is 0 Å². The molecule has 0 saturated heterocycles. The largest absolute Gasteiger partial charge is 0.382 e. The zero-order chi connectivity index (χ0) is 27.7. The summed E-state index contributed by atoms with van der Waals surface area (Å²) >= 11 is 1.93. The molecule has 6 heteroatoms. The van der Waals surface area contributed by atoms with E-state index >= 15 is 0 Å². The molecule has 1 aliphatic carbocycles. The summed E-state index contributed by atoms with van der Waals surface area (Å²) in [6, 6.07) is 14.3. The molecule has 3 heterocycles. The number of nitrogens with one attached hydrogen (secondary N) is 3. The van der Waals surface area contributed by atoms with Gasteiger partial charge in [0.25, 0.3) is 0 Å². The number of rotatable bonds is 5. The van der Waals surface area contributed by atoms with Crippen molar-refractivity contribution in [2.24, 2.45) is 11.8 Å². The van der Waals surface area contributed by atoms with Crippen LogP contribution in [-0.4, -0.2) is 22.4 Å². The standard InChI is InChI=1S/C34H37N5S/c1-17(2)20(6)37-31-19(5)27-15-35-36-16-28(27)26-13-21(7-9-24(26)31)30-14-22-8-10-23-25(33(22)40-30)11-12-29-32(23)39-34(38-29)18(3)4/h7-10,13-18,20,34,37-39H,11-12H2,1-6H3. The van der Waals surface area contributed by atoms with E-state index < -0.39 is 0 Å². The van der Waals surface area contributed by atoms with Gasteiger partial charge in [0, 0.05) is 48.7 Å². The minimum atomic E-state index is 0.314. The van der Waals surface area contributed by atoms with Crippen LogP contribution in [-0.2, 0) is 6.42 Å². The maximum absolute atomic E-state index is 4.27. The summed E-state index contributed by atoms with van der Waals surface area (Å²) in [6.07, 6.45) is 6.29. The lowest BCUT2D eigenvalue weighted by atomic mass is 9.92. The Morgan fingerprint density at radius 2 is 1.68 bits per heavy atom. The fourth-order valence-electron chi connectivity index (χ4n) is 6.23. The van der Waals surface area contributed by atoms with Crippen LogP contribution >= 0.6 is 11.3 Å². The number of thiophene rings is 1. The number of allylic oxidation sites excluding steroid dienone is 1. The fraction of sp³-hybridized carbons (Fsp3) is 0.353. The van der Waals surface area contributed by atoms with Gasteiger partial charge in [0.05, 0.1) is 24.3 Å². The van der Waals surface area contributed by atoms with E-state index in [0.29, 0.717) is 24.0 Å². The van der Waals surface area contributed by atoms with E-state index in [-0.39, 0.29) is 0 Å². The first kappa shape index (κ1) is 25.3. The third-order valence-corrected chi connectivity index (χ3v) is 10.3. The first-order valence-corrected chi connectivity index (χ1v) is 15.4. The molecule has 2 aliphatic rings. The smallest absolute Gasteiger partial charge is 0.0986 e. The van der Waals surface area contributed by atoms with Gasteiger partial charge in [0.1, 0.15) is 0 Å². The molecular weight excluding hydrogens is 510 g/mol. The van der Waals surface area contributed by atoms with Gasteiger partial charge in [-0.15, -0.1) is 11.3 Å². The van der Waals surface area contributed by atoms with Crippen molar-refractivity contribution in [3.8, 4) is 10.4 Å². The first-order valence-electron chi connectivity index (χ1n) is 14.6. The van der Waals surface area contributed by atoms with Gasteiger partial charge in [-0.05, 0) is 78.1 Å². The SMILES string of the molecule is Cc1c(NC(C)C(C)C)c2ccc(-c3cc4ccc5c(c4s3)CCC3=C5NC(C(C)C)N3)cc2c2cnncc12. The van der Waals surface area contributed by atoms with Gasteiger partial charge in [-0.3, -0.25) is 0 Å². The maximum atomic E-state index is 4.27. The van der Waals surface area contributed by atoms with E-state index in [4.69, 9.17) is 0 Å². The molecule has 5 nitrogen and oxygen atoms in total. The average molecular weight is 548 g/mol. The lowest BCUT2D eigenvalue weighted by molar-refractivity contribution is 0.421. The molecule has 3 aromatic carbocycles. The number of benzene rings is 3. The number of fused-ring (bicyclic) bond motifs is 7. The van der Waals surface area contributed by atoms with Crippen LogP contribution in [0.4, 0.5) is 5.69 Å². The molecule has 0 fully saturated rings. The van der Waals surface area contributed by atoms with Gasteiger partial charge in [0.2, 0.25) is 0 Å². The van der Waals surface area contributed by atoms with Gasteiger partial charge in [-0.1, -0.05) is 52.0 Å². The Bertz CT molecular complexity index is 1830. The lowest BCUT2D eigenvalue weighted by Gasteiger charge is -2.23. The average Bonchev–Trinajstić information content (AvgIpc) is 3.60. The normalized spacial score (nSPS) is 17.4. The Kier molecular flexibility index (Phi) is 6.00. The number of nitrogens with zero attached hydrogens (tertiary/aromatic N) is 2. The molecule has 0 radical (unpaired) electrons. The highest BCUT2D eigenvalue weighted by molar-refractivity contribution is 7.22. The molecule has 204 valence electrons. The van der Waals surface area contributed by atoms with Crippen LogP contribution in [0.25, 0.3) is 47.8 Å². The molecule has 7 rings (SSSR count). The van der Waals surface area contributed by atoms with Crippen molar-refractivity contribution in [1.29, 1.82) is 0 Å². The molecule has 5 aromatic rings. The number of hydrogen-bond acceptors (Lipinski definition) is 6. The summed E-state index contributed by atoms with van der Waals surface area (Å²) in [5.74, 6) is 1.07. The minimum Gasteiger partial charge on any atom is -0.382 e. The number of aryl methyl sites for hydroxylation is 2. The molecule has 40 heavy (non-hydrogen) atoms. The van der Waals surface area contributed by atoms with Crippen LogP contribution in [0.1, 0.15) is 57.7 Å². The predicted octanol–water partition coefficient (Wildman–Crippen LogP) is 8.22. The van der Waals surface area contributed by atoms with Crippen LogP contribution in [0.15, 0.2) is 54.5 Å². The third kappa shape index (κ3) is 3.95. The second-order valence-electron chi connectivity index (χ2n) is 12.2. The van der Waals surface area contributed by atoms with Crippen molar-refractivity contribution in [1.82, 2.24) is 20.8 Å². The Hall–Kier alpha value is -3.64. The molecule has 2 aromatic heterocycles. The lowest BCUT2D eigenvalue weighted by Crippen LogP contribution is -2.37. The van der Waals surface area contributed by atoms with Crippen LogP contribution in [0.3, 0.4) is 0 Å². The van der Waals surface area contributed by atoms with Crippen LogP contribution in [0.2, 0.25) is 0 Å². The van der Waals surface area contributed by atoms with Crippen molar-refractivity contribution >= 4 is 54.4 Å². The molecule has 0 bridgehead atoms. The van der Waals surface area contributed by atoms with Crippen LogP contribution in [0, 0.1) is 18.8 Å². The molecular formula is C34H37N5S. The second-order valence-corrected chi connectivity index (χ2v) is 13.3. The Labute approximate surface area is 240 Å². The Morgan fingerprint density at radius 3 is 2.45 bits per heavy atom. The monoisotopic (exact) mass is 547 g/mol. The quantitative estimate of drug-likeness (QED) is 0.194. The molecule has 1 aliphatic heterocycles. The van der Waals surface area contributed by atoms with Gasteiger partial charge in [-0.2, -0.15) is 10.2 Å². The first-order chi connectivity index (χ1) is 19.3. The fourth-order valence-corrected chi connectivity index (χ4v) is 7.47. The summed E-state index contributed by atoms with van der Waals surface area (Å²) < 4.78 is 1.42. The maximum Gasteiger partial charge on any atom is 0.0986 e. The van der Waals surface area contributed by atoms with Crippen LogP contribution in [0.5, 0.6) is 0 Å². The Balaban J connectivity index is 1.35. The zero-order valence-electron chi connectivity index (χ0n) is 24.1. The van der Waals surface area contributed by atoms with Crippen LogP contribution < -0.4 is 16.0 Å². The highest BCUT2D eigenvalue weighted by atomic mass is 32.1. The van der Waals surface area contributed by atoms with Gasteiger partial charge < -0.3 is 16.0 Å². The zero-order valence-corrected chi connectivity index (χ0v) is 25.0. The number of aromatic nitrogens is 2. The van der Waals surface area contributed by atoms with Gasteiger partial charge in [0.15, 0.2) is 0 Å². The molecule has 2 unspecified atom stereocenters. The van der Waals surface area contributed by atoms with E-state index in [1.807, 2.05) is 23.7 Å². The highest BCUT2D eigenvalue weighted by Crippen LogP contribution is 2.44. The predicted molar refractivity (Wildman–Crippen MR) is 171 cm³/mol. The molecule has 2 atom stereocenters. The van der Waals surface area contributed by atoms with Crippen molar-refractivity contribution in [2.75, 3.05) is 5.32 Å². The van der Waals surface area contributed by atoms with Gasteiger partial charge >= 0.3 is 0 Å². The molecule has 0 saturated carbocycles. The summed E-state index contributed by atoms with van der Waals surface area (Å²) in [5, 5.41) is 25.9. The van der Waals surface area contributed by atoms with Gasteiger partial charge in [-0.25, -0.2) is 0 Å². The van der Waals surface area contributed by atoms with Crippen molar-refractivity contribution in [3.05, 3.63) is 71.2 Å². The summed E-state index contributed by atoms with van der Waals surface area (Å²) in [6.45, 7) is 13.5. The topological polar surface area (TPSA) is 61.9 Å². The third-order valence-electron chi connectivity index (χ3n) is 9.03. The van der Waals surface area contributed by atoms with Crippen molar-refractivity contribution < 1.29 is 0 Å². The van der Waals surface area contributed by atoms with E-state index in [2.05, 4.69) is 104 Å². The van der Waals surface area contributed by atoms with E-state index in [0.717, 1.165) is 23.6 Å². The number of anilines is 1. The Morgan fingerprint density at radius 1 is 0.875 bits per heavy atom. The minimum absolute atomic E-state index is 0.314. The van der Waals surface area contributed by atoms with E-state index in [1.54, 1.807) is 0 Å². The molecule has 3 N–H and O–H groups in total. The van der Waals surface area contributed by atoms with Crippen molar-refractivity contribution in [2.45, 2.75) is 66.6 Å².